The van der Waals surface area contributed by atoms with Gasteiger partial charge in [0.15, 0.2) is 0 Å². The molecule has 0 saturated carbocycles. The highest BCUT2D eigenvalue weighted by Crippen LogP contribution is 2.21. The monoisotopic (exact) mass is 239 g/mol. The van der Waals surface area contributed by atoms with Crippen LogP contribution in [0.2, 0.25) is 0 Å². The molecule has 2 aromatic rings. The van der Waals surface area contributed by atoms with Crippen LogP contribution in [0.25, 0.3) is 0 Å². The first-order valence-electron chi connectivity index (χ1n) is 6.50. The lowest BCUT2D eigenvalue weighted by Crippen LogP contribution is -2.08. The van der Waals surface area contributed by atoms with Crippen LogP contribution in [0.15, 0.2) is 30.5 Å². The smallest absolute Gasteiger partial charge is 0.227 e. The van der Waals surface area contributed by atoms with Crippen molar-refractivity contribution in [1.82, 2.24) is 9.97 Å². The van der Waals surface area contributed by atoms with E-state index in [-0.39, 0.29) is 0 Å². The number of nitrogens with zero attached hydrogens (tertiary/aromatic N) is 2. The lowest BCUT2D eigenvalue weighted by Gasteiger charge is -2.15. The number of benzene rings is 1. The number of anilines is 2. The van der Waals surface area contributed by atoms with E-state index in [1.54, 1.807) is 0 Å². The van der Waals surface area contributed by atoms with Gasteiger partial charge >= 0.3 is 0 Å². The minimum Gasteiger partial charge on any atom is -0.324 e. The van der Waals surface area contributed by atoms with Gasteiger partial charge in [-0.15, -0.1) is 0 Å². The van der Waals surface area contributed by atoms with Gasteiger partial charge in [0.05, 0.1) is 0 Å². The molecular weight excluding hydrogens is 222 g/mol. The molecular formula is C15H17N3. The topological polar surface area (TPSA) is 37.8 Å². The number of hydrogen-bond acceptors (Lipinski definition) is 3. The predicted molar refractivity (Wildman–Crippen MR) is 73.1 cm³/mol. The summed E-state index contributed by atoms with van der Waals surface area (Å²) in [6.07, 6.45) is 6.69. The van der Waals surface area contributed by atoms with Gasteiger partial charge in [0, 0.05) is 17.6 Å². The third-order valence-electron chi connectivity index (χ3n) is 3.37. The molecule has 1 aliphatic rings. The fraction of sp³-hybridized carbons (Fsp3) is 0.333. The fourth-order valence-electron chi connectivity index (χ4n) is 2.30. The van der Waals surface area contributed by atoms with Gasteiger partial charge in [-0.25, -0.2) is 9.97 Å². The predicted octanol–water partition coefficient (Wildman–Crippen LogP) is 3.41. The normalized spacial score (nSPS) is 14.1. The van der Waals surface area contributed by atoms with Crippen molar-refractivity contribution >= 4 is 11.6 Å². The Kier molecular flexibility index (Phi) is 2.97. The molecule has 3 nitrogen and oxygen atoms in total. The molecule has 3 rings (SSSR count). The van der Waals surface area contributed by atoms with Crippen LogP contribution in [0.4, 0.5) is 11.6 Å². The minimum atomic E-state index is 0.708. The van der Waals surface area contributed by atoms with Crippen LogP contribution in [0.3, 0.4) is 0 Å². The summed E-state index contributed by atoms with van der Waals surface area (Å²) < 4.78 is 0. The van der Waals surface area contributed by atoms with E-state index in [2.05, 4.69) is 46.5 Å². The van der Waals surface area contributed by atoms with E-state index in [0.717, 1.165) is 18.5 Å². The molecule has 92 valence electrons. The first-order valence-corrected chi connectivity index (χ1v) is 6.50. The molecule has 0 aliphatic heterocycles. The van der Waals surface area contributed by atoms with Gasteiger partial charge in [-0.05, 0) is 50.3 Å². The highest BCUT2D eigenvalue weighted by molar-refractivity contribution is 5.53. The van der Waals surface area contributed by atoms with Crippen molar-refractivity contribution < 1.29 is 0 Å². The SMILES string of the molecule is Cc1ccc(Nc2ncc3c(n2)CCCC3)cc1. The summed E-state index contributed by atoms with van der Waals surface area (Å²) in [7, 11) is 0. The molecule has 1 heterocycles. The second-order valence-electron chi connectivity index (χ2n) is 4.86. The zero-order chi connectivity index (χ0) is 12.4. The summed E-state index contributed by atoms with van der Waals surface area (Å²) in [5, 5.41) is 3.26. The maximum absolute atomic E-state index is 4.61. The van der Waals surface area contributed by atoms with Gasteiger partial charge in [-0.1, -0.05) is 17.7 Å². The summed E-state index contributed by atoms with van der Waals surface area (Å²) >= 11 is 0. The lowest BCUT2D eigenvalue weighted by molar-refractivity contribution is 0.663. The summed E-state index contributed by atoms with van der Waals surface area (Å²) in [5.41, 5.74) is 4.82. The molecule has 0 amide bonds. The minimum absolute atomic E-state index is 0.708. The molecule has 1 aliphatic carbocycles. The Bertz CT molecular complexity index is 546. The Labute approximate surface area is 107 Å². The molecule has 0 bridgehead atoms. The molecule has 1 N–H and O–H groups in total. The van der Waals surface area contributed by atoms with E-state index in [1.807, 2.05) is 6.20 Å². The Morgan fingerprint density at radius 2 is 1.83 bits per heavy atom. The molecule has 1 aromatic heterocycles. The Balaban J connectivity index is 1.82. The molecule has 0 saturated heterocycles. The summed E-state index contributed by atoms with van der Waals surface area (Å²) in [6.45, 7) is 2.08. The number of aryl methyl sites for hydroxylation is 3. The van der Waals surface area contributed by atoms with Gasteiger partial charge in [0.2, 0.25) is 5.95 Å². The van der Waals surface area contributed by atoms with Crippen LogP contribution in [-0.2, 0) is 12.8 Å². The van der Waals surface area contributed by atoms with Crippen molar-refractivity contribution in [2.45, 2.75) is 32.6 Å². The summed E-state index contributed by atoms with van der Waals surface area (Å²) in [4.78, 5) is 9.00. The van der Waals surface area contributed by atoms with E-state index in [1.165, 1.54) is 29.7 Å². The number of nitrogens with one attached hydrogen (secondary N) is 1. The average Bonchev–Trinajstić information content (AvgIpc) is 2.41. The van der Waals surface area contributed by atoms with Gasteiger partial charge in [0.25, 0.3) is 0 Å². The first-order chi connectivity index (χ1) is 8.81. The van der Waals surface area contributed by atoms with Crippen LogP contribution in [0.1, 0.15) is 29.7 Å². The fourth-order valence-corrected chi connectivity index (χ4v) is 2.30. The molecule has 0 unspecified atom stereocenters. The zero-order valence-electron chi connectivity index (χ0n) is 10.6. The standard InChI is InChI=1S/C15H17N3/c1-11-6-8-13(9-7-11)17-15-16-10-12-4-2-3-5-14(12)18-15/h6-10H,2-5H2,1H3,(H,16,17,18). The number of hydrogen-bond donors (Lipinski definition) is 1. The van der Waals surface area contributed by atoms with Crippen LogP contribution < -0.4 is 5.32 Å². The summed E-state index contributed by atoms with van der Waals surface area (Å²) in [5.74, 6) is 0.708. The highest BCUT2D eigenvalue weighted by atomic mass is 15.1. The Morgan fingerprint density at radius 1 is 1.06 bits per heavy atom. The van der Waals surface area contributed by atoms with Crippen LogP contribution in [0.5, 0.6) is 0 Å². The van der Waals surface area contributed by atoms with Crippen LogP contribution in [0, 0.1) is 6.92 Å². The first kappa shape index (κ1) is 11.2. The van der Waals surface area contributed by atoms with Crippen molar-refractivity contribution in [3.8, 4) is 0 Å². The molecule has 0 fully saturated rings. The van der Waals surface area contributed by atoms with E-state index < -0.39 is 0 Å². The second-order valence-corrected chi connectivity index (χ2v) is 4.86. The van der Waals surface area contributed by atoms with Crippen molar-refractivity contribution in [2.75, 3.05) is 5.32 Å². The van der Waals surface area contributed by atoms with E-state index >= 15 is 0 Å². The lowest BCUT2D eigenvalue weighted by atomic mass is 9.98. The Hall–Kier alpha value is -1.90. The van der Waals surface area contributed by atoms with E-state index in [4.69, 9.17) is 0 Å². The molecule has 1 aromatic carbocycles. The molecule has 3 heteroatoms. The van der Waals surface area contributed by atoms with Gasteiger partial charge in [-0.3, -0.25) is 0 Å². The van der Waals surface area contributed by atoms with E-state index in [9.17, 15) is 0 Å². The third kappa shape index (κ3) is 2.35. The zero-order valence-corrected chi connectivity index (χ0v) is 10.6. The second kappa shape index (κ2) is 4.77. The number of rotatable bonds is 2. The number of fused-ring (bicyclic) bond motifs is 1. The van der Waals surface area contributed by atoms with Crippen LogP contribution in [-0.4, -0.2) is 9.97 Å². The molecule has 0 spiro atoms. The number of aromatic nitrogens is 2. The maximum atomic E-state index is 4.61. The average molecular weight is 239 g/mol. The molecule has 18 heavy (non-hydrogen) atoms. The van der Waals surface area contributed by atoms with Crippen molar-refractivity contribution in [3.05, 3.63) is 47.3 Å². The molecule has 0 radical (unpaired) electrons. The largest absolute Gasteiger partial charge is 0.324 e. The Morgan fingerprint density at radius 3 is 2.67 bits per heavy atom. The maximum Gasteiger partial charge on any atom is 0.227 e. The van der Waals surface area contributed by atoms with Gasteiger partial charge in [-0.2, -0.15) is 0 Å². The highest BCUT2D eigenvalue weighted by Gasteiger charge is 2.11. The van der Waals surface area contributed by atoms with Gasteiger partial charge < -0.3 is 5.32 Å². The quantitative estimate of drug-likeness (QED) is 0.872. The van der Waals surface area contributed by atoms with Crippen molar-refractivity contribution in [3.63, 3.8) is 0 Å². The van der Waals surface area contributed by atoms with Crippen LogP contribution >= 0.6 is 0 Å². The van der Waals surface area contributed by atoms with E-state index in [0.29, 0.717) is 5.95 Å². The van der Waals surface area contributed by atoms with Crippen molar-refractivity contribution in [1.29, 1.82) is 0 Å². The van der Waals surface area contributed by atoms with Gasteiger partial charge in [0.1, 0.15) is 0 Å². The third-order valence-corrected chi connectivity index (χ3v) is 3.37. The molecule has 0 atom stereocenters. The van der Waals surface area contributed by atoms with Crippen molar-refractivity contribution in [2.24, 2.45) is 0 Å². The summed E-state index contributed by atoms with van der Waals surface area (Å²) in [6, 6.07) is 8.28.